The van der Waals surface area contributed by atoms with Crippen molar-refractivity contribution in [2.24, 2.45) is 0 Å². The molecule has 1 amide bonds. The smallest absolute Gasteiger partial charge is 0.370 e. The van der Waals surface area contributed by atoms with Crippen molar-refractivity contribution in [3.8, 4) is 0 Å². The van der Waals surface area contributed by atoms with Gasteiger partial charge in [0.15, 0.2) is 6.10 Å². The van der Waals surface area contributed by atoms with Gasteiger partial charge < -0.3 is 35.6 Å². The number of nitrogens with one attached hydrogen (secondary N) is 1. The van der Waals surface area contributed by atoms with Gasteiger partial charge in [0.05, 0.1) is 19.1 Å². The highest BCUT2D eigenvalue weighted by atomic mass is 16.5. The van der Waals surface area contributed by atoms with E-state index in [0.717, 1.165) is 6.08 Å². The molecule has 0 aliphatic carbocycles. The van der Waals surface area contributed by atoms with Crippen LogP contribution in [0.25, 0.3) is 0 Å². The first-order valence-corrected chi connectivity index (χ1v) is 7.93. The maximum atomic E-state index is 12.2. The van der Waals surface area contributed by atoms with Crippen LogP contribution >= 0.6 is 0 Å². The molecule has 0 saturated heterocycles. The molecule has 0 spiro atoms. The molecule has 0 bridgehead atoms. The number of carbonyl (C=O) groups excluding carboxylic acids is 1. The predicted octanol–water partition coefficient (Wildman–Crippen LogP) is -1.84. The maximum absolute atomic E-state index is 12.2. The molecule has 0 fully saturated rings. The van der Waals surface area contributed by atoms with E-state index in [1.807, 2.05) is 0 Å². The molecule has 0 radical (unpaired) electrons. The Kier molecular flexibility index (Phi) is 6.70. The van der Waals surface area contributed by atoms with Crippen molar-refractivity contribution >= 4 is 11.9 Å². The maximum Gasteiger partial charge on any atom is 0.370 e. The van der Waals surface area contributed by atoms with Gasteiger partial charge in [-0.2, -0.15) is 0 Å². The van der Waals surface area contributed by atoms with Crippen molar-refractivity contribution in [1.82, 2.24) is 5.32 Å². The number of aliphatic carboxylic acids is 1. The van der Waals surface area contributed by atoms with Crippen LogP contribution in [-0.4, -0.2) is 74.5 Å². The Hall–Kier alpha value is -2.46. The molecule has 1 heterocycles. The molecule has 9 heteroatoms. The number of aliphatic hydroxyl groups excluding tert-OH is 4. The van der Waals surface area contributed by atoms with Crippen LogP contribution in [0.5, 0.6) is 0 Å². The lowest BCUT2D eigenvalue weighted by molar-refractivity contribution is -0.149. The van der Waals surface area contributed by atoms with Gasteiger partial charge in [0.25, 0.3) is 0 Å². The van der Waals surface area contributed by atoms with Crippen LogP contribution in [0.15, 0.2) is 42.2 Å². The number of hydrogen-bond acceptors (Lipinski definition) is 7. The summed E-state index contributed by atoms with van der Waals surface area (Å²) in [6, 6.07) is 7.56. The van der Waals surface area contributed by atoms with Crippen LogP contribution in [0.1, 0.15) is 5.56 Å². The number of rotatable bonds is 7. The van der Waals surface area contributed by atoms with Crippen molar-refractivity contribution in [1.29, 1.82) is 0 Å². The molecule has 0 saturated carbocycles. The Balaban J connectivity index is 2.18. The fraction of sp³-hybridized carbons (Fsp3) is 0.412. The van der Waals surface area contributed by atoms with E-state index in [2.05, 4.69) is 5.32 Å². The van der Waals surface area contributed by atoms with Gasteiger partial charge >= 0.3 is 5.97 Å². The Bertz CT molecular complexity index is 662. The van der Waals surface area contributed by atoms with Crippen molar-refractivity contribution in [3.05, 3.63) is 47.7 Å². The summed E-state index contributed by atoms with van der Waals surface area (Å²) in [6.45, 7) is -0.812. The average molecular weight is 367 g/mol. The quantitative estimate of drug-likeness (QED) is 0.328. The number of benzene rings is 1. The van der Waals surface area contributed by atoms with Gasteiger partial charge in [0.2, 0.25) is 11.7 Å². The number of ether oxygens (including phenoxy) is 1. The van der Waals surface area contributed by atoms with Crippen LogP contribution in [0.3, 0.4) is 0 Å². The normalized spacial score (nSPS) is 24.8. The van der Waals surface area contributed by atoms with Crippen molar-refractivity contribution in [2.75, 3.05) is 6.61 Å². The molecule has 2 rings (SSSR count). The van der Waals surface area contributed by atoms with Gasteiger partial charge in [0, 0.05) is 0 Å². The Morgan fingerprint density at radius 1 is 1.19 bits per heavy atom. The number of aliphatic hydroxyl groups is 4. The van der Waals surface area contributed by atoms with Crippen LogP contribution in [0.2, 0.25) is 0 Å². The Morgan fingerprint density at radius 3 is 2.42 bits per heavy atom. The monoisotopic (exact) mass is 367 g/mol. The molecule has 1 aliphatic heterocycles. The van der Waals surface area contributed by atoms with E-state index in [1.54, 1.807) is 30.3 Å². The number of amides is 1. The van der Waals surface area contributed by atoms with E-state index in [4.69, 9.17) is 14.9 Å². The highest BCUT2D eigenvalue weighted by Crippen LogP contribution is 2.23. The Morgan fingerprint density at radius 2 is 1.85 bits per heavy atom. The lowest BCUT2D eigenvalue weighted by Gasteiger charge is -2.38. The number of carbonyl (C=O) groups is 2. The molecule has 6 N–H and O–H groups in total. The molecular formula is C17H21NO8. The third-order valence-corrected chi connectivity index (χ3v) is 3.97. The summed E-state index contributed by atoms with van der Waals surface area (Å²) in [7, 11) is 0. The Labute approximate surface area is 149 Å². The van der Waals surface area contributed by atoms with E-state index in [9.17, 15) is 24.9 Å². The minimum atomic E-state index is -1.74. The second-order valence-electron chi connectivity index (χ2n) is 5.91. The largest absolute Gasteiger partial charge is 0.478 e. The van der Waals surface area contributed by atoms with Crippen molar-refractivity contribution < 1.29 is 39.9 Å². The molecule has 0 aromatic heterocycles. The summed E-state index contributed by atoms with van der Waals surface area (Å²) in [5.41, 5.74) is 0.713. The number of carboxylic acids is 1. The summed E-state index contributed by atoms with van der Waals surface area (Å²) in [6.07, 6.45) is -5.44. The summed E-state index contributed by atoms with van der Waals surface area (Å²) in [5, 5.41) is 50.4. The highest BCUT2D eigenvalue weighted by molar-refractivity contribution is 5.85. The summed E-state index contributed by atoms with van der Waals surface area (Å²) in [4.78, 5) is 23.3. The van der Waals surface area contributed by atoms with Gasteiger partial charge in [-0.3, -0.25) is 4.79 Å². The highest BCUT2D eigenvalue weighted by Gasteiger charge is 2.43. The molecule has 9 nitrogen and oxygen atoms in total. The van der Waals surface area contributed by atoms with Crippen LogP contribution in [0, 0.1) is 0 Å². The second kappa shape index (κ2) is 8.77. The van der Waals surface area contributed by atoms with Crippen LogP contribution in [0.4, 0.5) is 0 Å². The van der Waals surface area contributed by atoms with E-state index in [-0.39, 0.29) is 6.42 Å². The average Bonchev–Trinajstić information content (AvgIpc) is 2.62. The molecule has 26 heavy (non-hydrogen) atoms. The molecule has 5 atom stereocenters. The third kappa shape index (κ3) is 4.79. The van der Waals surface area contributed by atoms with Crippen LogP contribution in [-0.2, 0) is 20.7 Å². The van der Waals surface area contributed by atoms with Crippen molar-refractivity contribution in [3.63, 3.8) is 0 Å². The first-order valence-electron chi connectivity index (χ1n) is 7.93. The van der Waals surface area contributed by atoms with Crippen LogP contribution < -0.4 is 5.32 Å². The molecule has 142 valence electrons. The minimum absolute atomic E-state index is 0.00900. The van der Waals surface area contributed by atoms with Gasteiger partial charge in [-0.05, 0) is 11.6 Å². The zero-order chi connectivity index (χ0) is 19.3. The van der Waals surface area contributed by atoms with E-state index in [0.29, 0.717) is 5.56 Å². The fourth-order valence-electron chi connectivity index (χ4n) is 2.63. The number of hydrogen-bond donors (Lipinski definition) is 6. The summed E-state index contributed by atoms with van der Waals surface area (Å²) >= 11 is 0. The first kappa shape index (κ1) is 19.9. The SMILES string of the molecule is O=C(Cc1ccccc1)N[C@@H]1C(O)C=C(C(=O)O)OC1[C@H](O)[C@H](O)CO. The van der Waals surface area contributed by atoms with Gasteiger partial charge in [-0.15, -0.1) is 0 Å². The molecule has 1 aromatic rings. The molecule has 1 aromatic carbocycles. The van der Waals surface area contributed by atoms with Crippen molar-refractivity contribution in [2.45, 2.75) is 36.9 Å². The standard InChI is InChI=1S/C17H21NO8/c19-8-11(21)15(23)16-14(10(20)7-12(26-16)17(24)25)18-13(22)6-9-4-2-1-3-5-9/h1-5,7,10-11,14-16,19-21,23H,6,8H2,(H,18,22)(H,24,25)/t10?,11-,14-,15-,16?/m1/s1. The van der Waals surface area contributed by atoms with E-state index in [1.165, 1.54) is 0 Å². The lowest BCUT2D eigenvalue weighted by Crippen LogP contribution is -2.60. The summed E-state index contributed by atoms with van der Waals surface area (Å²) < 4.78 is 5.13. The summed E-state index contributed by atoms with van der Waals surface area (Å²) in [5.74, 6) is -2.60. The number of carboxylic acid groups (broad SMARTS) is 1. The topological polar surface area (TPSA) is 157 Å². The van der Waals surface area contributed by atoms with E-state index >= 15 is 0 Å². The zero-order valence-corrected chi connectivity index (χ0v) is 13.7. The van der Waals surface area contributed by atoms with Gasteiger partial charge in [0.1, 0.15) is 18.3 Å². The molecule has 2 unspecified atom stereocenters. The molecular weight excluding hydrogens is 346 g/mol. The third-order valence-electron chi connectivity index (χ3n) is 3.97. The van der Waals surface area contributed by atoms with Gasteiger partial charge in [-0.1, -0.05) is 30.3 Å². The molecule has 1 aliphatic rings. The fourth-order valence-corrected chi connectivity index (χ4v) is 2.63. The minimum Gasteiger partial charge on any atom is -0.478 e. The first-order chi connectivity index (χ1) is 12.3. The lowest BCUT2D eigenvalue weighted by atomic mass is 9.93. The zero-order valence-electron chi connectivity index (χ0n) is 13.7. The predicted molar refractivity (Wildman–Crippen MR) is 87.8 cm³/mol. The second-order valence-corrected chi connectivity index (χ2v) is 5.91. The van der Waals surface area contributed by atoms with Gasteiger partial charge in [-0.25, -0.2) is 4.79 Å². The van der Waals surface area contributed by atoms with E-state index < -0.39 is 54.7 Å².